The van der Waals surface area contributed by atoms with Gasteiger partial charge in [-0.15, -0.1) is 0 Å². The van der Waals surface area contributed by atoms with Crippen molar-refractivity contribution in [1.82, 2.24) is 15.2 Å². The average molecular weight is 329 g/mol. The van der Waals surface area contributed by atoms with Crippen molar-refractivity contribution in [2.45, 2.75) is 13.5 Å². The van der Waals surface area contributed by atoms with Crippen LogP contribution in [0.5, 0.6) is 0 Å². The first-order valence-corrected chi connectivity index (χ1v) is 9.01. The number of thiophene rings is 1. The van der Waals surface area contributed by atoms with E-state index in [-0.39, 0.29) is 0 Å². The number of hydrogen-bond acceptors (Lipinski definition) is 4. The first-order chi connectivity index (χ1) is 11.4. The summed E-state index contributed by atoms with van der Waals surface area (Å²) in [6.07, 6.45) is 1.86. The molecule has 3 rings (SSSR count). The third kappa shape index (κ3) is 4.22. The highest BCUT2D eigenvalue weighted by Gasteiger charge is 2.20. The third-order valence-electron chi connectivity index (χ3n) is 3.88. The summed E-state index contributed by atoms with van der Waals surface area (Å²) in [5, 5.41) is 7.67. The van der Waals surface area contributed by atoms with Crippen LogP contribution in [0.25, 0.3) is 0 Å². The van der Waals surface area contributed by atoms with Crippen molar-refractivity contribution in [3.05, 3.63) is 46.8 Å². The summed E-state index contributed by atoms with van der Waals surface area (Å²) in [5.41, 5.74) is 1.28. The minimum absolute atomic E-state index is 0.742. The van der Waals surface area contributed by atoms with Crippen molar-refractivity contribution in [1.29, 1.82) is 0 Å². The molecule has 0 bridgehead atoms. The molecular weight excluding hydrogens is 306 g/mol. The van der Waals surface area contributed by atoms with Crippen LogP contribution in [0.2, 0.25) is 0 Å². The highest BCUT2D eigenvalue weighted by Crippen LogP contribution is 2.13. The van der Waals surface area contributed by atoms with Gasteiger partial charge in [-0.2, -0.15) is 11.3 Å². The molecule has 1 aliphatic rings. The lowest BCUT2D eigenvalue weighted by atomic mass is 10.3. The normalized spacial score (nSPS) is 15.8. The van der Waals surface area contributed by atoms with Gasteiger partial charge in [0.1, 0.15) is 5.82 Å². The summed E-state index contributed by atoms with van der Waals surface area (Å²) >= 11 is 1.72. The van der Waals surface area contributed by atoms with Gasteiger partial charge in [-0.1, -0.05) is 6.07 Å². The Hall–Kier alpha value is -2.08. The van der Waals surface area contributed by atoms with Crippen LogP contribution in [0.1, 0.15) is 12.5 Å². The van der Waals surface area contributed by atoms with E-state index < -0.39 is 0 Å². The zero-order chi connectivity index (χ0) is 15.9. The van der Waals surface area contributed by atoms with Crippen molar-refractivity contribution >= 4 is 23.1 Å². The fraction of sp³-hybridized carbons (Fsp3) is 0.412. The third-order valence-corrected chi connectivity index (χ3v) is 4.61. The number of pyridine rings is 1. The largest absolute Gasteiger partial charge is 0.357 e. The van der Waals surface area contributed by atoms with Gasteiger partial charge in [0.25, 0.3) is 0 Å². The number of nitrogens with one attached hydrogen (secondary N) is 1. The molecule has 0 amide bonds. The van der Waals surface area contributed by atoms with E-state index in [0.29, 0.717) is 0 Å². The number of aromatic nitrogens is 1. The molecule has 0 saturated carbocycles. The fourth-order valence-corrected chi connectivity index (χ4v) is 3.32. The highest BCUT2D eigenvalue weighted by atomic mass is 32.1. The van der Waals surface area contributed by atoms with Gasteiger partial charge in [-0.25, -0.2) is 9.98 Å². The Morgan fingerprint density at radius 2 is 2.13 bits per heavy atom. The Morgan fingerprint density at radius 3 is 2.78 bits per heavy atom. The Bertz CT molecular complexity index is 603. The number of rotatable bonds is 4. The second-order valence-corrected chi connectivity index (χ2v) is 6.24. The van der Waals surface area contributed by atoms with Crippen LogP contribution in [0, 0.1) is 0 Å². The molecule has 5 nitrogen and oxygen atoms in total. The Balaban J connectivity index is 1.60. The second kappa shape index (κ2) is 7.97. The van der Waals surface area contributed by atoms with Crippen LogP contribution in [0.4, 0.5) is 5.82 Å². The number of piperazine rings is 1. The van der Waals surface area contributed by atoms with Crippen LogP contribution >= 0.6 is 11.3 Å². The molecule has 0 radical (unpaired) electrons. The van der Waals surface area contributed by atoms with E-state index in [0.717, 1.165) is 51.0 Å². The zero-order valence-electron chi connectivity index (χ0n) is 13.5. The maximum Gasteiger partial charge on any atom is 0.194 e. The van der Waals surface area contributed by atoms with Crippen molar-refractivity contribution in [2.24, 2.45) is 4.99 Å². The molecule has 6 heteroatoms. The summed E-state index contributed by atoms with van der Waals surface area (Å²) < 4.78 is 0. The molecule has 2 aromatic heterocycles. The van der Waals surface area contributed by atoms with E-state index in [9.17, 15) is 0 Å². The zero-order valence-corrected chi connectivity index (χ0v) is 14.3. The van der Waals surface area contributed by atoms with Crippen LogP contribution < -0.4 is 10.2 Å². The summed E-state index contributed by atoms with van der Waals surface area (Å²) in [7, 11) is 0. The van der Waals surface area contributed by atoms with E-state index in [1.54, 1.807) is 11.3 Å². The summed E-state index contributed by atoms with van der Waals surface area (Å²) in [5.74, 6) is 2.08. The predicted octanol–water partition coefficient (Wildman–Crippen LogP) is 2.43. The molecule has 0 aliphatic carbocycles. The molecule has 1 N–H and O–H groups in total. The Labute approximate surface area is 141 Å². The van der Waals surface area contributed by atoms with E-state index in [2.05, 4.69) is 49.9 Å². The summed E-state index contributed by atoms with van der Waals surface area (Å²) in [6, 6.07) is 8.21. The van der Waals surface area contributed by atoms with Gasteiger partial charge in [0.2, 0.25) is 0 Å². The molecule has 1 fully saturated rings. The highest BCUT2D eigenvalue weighted by molar-refractivity contribution is 7.07. The molecular formula is C17H23N5S. The molecule has 1 aliphatic heterocycles. The van der Waals surface area contributed by atoms with Gasteiger partial charge in [-0.3, -0.25) is 0 Å². The molecule has 0 spiro atoms. The molecule has 0 unspecified atom stereocenters. The maximum absolute atomic E-state index is 4.78. The van der Waals surface area contributed by atoms with E-state index >= 15 is 0 Å². The maximum atomic E-state index is 4.78. The predicted molar refractivity (Wildman–Crippen MR) is 97.2 cm³/mol. The topological polar surface area (TPSA) is 43.8 Å². The first kappa shape index (κ1) is 15.8. The number of nitrogens with zero attached hydrogens (tertiary/aromatic N) is 4. The van der Waals surface area contributed by atoms with Crippen molar-refractivity contribution in [3.8, 4) is 0 Å². The minimum Gasteiger partial charge on any atom is -0.357 e. The quantitative estimate of drug-likeness (QED) is 0.691. The lowest BCUT2D eigenvalue weighted by molar-refractivity contribution is 0.371. The van der Waals surface area contributed by atoms with Gasteiger partial charge in [-0.05, 0) is 41.4 Å². The lowest BCUT2D eigenvalue weighted by Crippen LogP contribution is -2.52. The standard InChI is InChI=1S/C17H23N5S/c1-2-18-17(20-13-15-6-12-23-14-15)22-10-8-21(9-11-22)16-5-3-4-7-19-16/h3-7,12,14H,2,8-11,13H2,1H3,(H,18,20). The molecule has 122 valence electrons. The number of aliphatic imine (C=N–C) groups is 1. The monoisotopic (exact) mass is 329 g/mol. The van der Waals surface area contributed by atoms with Crippen LogP contribution in [0.3, 0.4) is 0 Å². The van der Waals surface area contributed by atoms with E-state index in [4.69, 9.17) is 4.99 Å². The first-order valence-electron chi connectivity index (χ1n) is 8.07. The molecule has 0 atom stereocenters. The molecule has 1 saturated heterocycles. The van der Waals surface area contributed by atoms with Gasteiger partial charge >= 0.3 is 0 Å². The van der Waals surface area contributed by atoms with Gasteiger partial charge in [0.15, 0.2) is 5.96 Å². The van der Waals surface area contributed by atoms with Gasteiger partial charge in [0.05, 0.1) is 6.54 Å². The minimum atomic E-state index is 0.742. The van der Waals surface area contributed by atoms with Crippen molar-refractivity contribution in [2.75, 3.05) is 37.6 Å². The molecule has 3 heterocycles. The van der Waals surface area contributed by atoms with Crippen LogP contribution in [0.15, 0.2) is 46.2 Å². The molecule has 2 aromatic rings. The number of hydrogen-bond donors (Lipinski definition) is 1. The number of anilines is 1. The lowest BCUT2D eigenvalue weighted by Gasteiger charge is -2.37. The van der Waals surface area contributed by atoms with Crippen LogP contribution in [-0.2, 0) is 6.54 Å². The molecule has 23 heavy (non-hydrogen) atoms. The number of guanidine groups is 1. The van der Waals surface area contributed by atoms with Crippen molar-refractivity contribution < 1.29 is 0 Å². The smallest absolute Gasteiger partial charge is 0.194 e. The summed E-state index contributed by atoms with van der Waals surface area (Å²) in [4.78, 5) is 13.9. The summed E-state index contributed by atoms with van der Waals surface area (Å²) in [6.45, 7) is 7.62. The van der Waals surface area contributed by atoms with Gasteiger partial charge in [0, 0.05) is 38.9 Å². The van der Waals surface area contributed by atoms with E-state index in [1.165, 1.54) is 5.56 Å². The Kier molecular flexibility index (Phi) is 5.47. The van der Waals surface area contributed by atoms with E-state index in [1.807, 2.05) is 18.3 Å². The van der Waals surface area contributed by atoms with Gasteiger partial charge < -0.3 is 15.1 Å². The average Bonchev–Trinajstić information content (AvgIpc) is 3.13. The second-order valence-electron chi connectivity index (χ2n) is 5.46. The molecule has 0 aromatic carbocycles. The fourth-order valence-electron chi connectivity index (χ4n) is 2.66. The van der Waals surface area contributed by atoms with Crippen LogP contribution in [-0.4, -0.2) is 48.6 Å². The van der Waals surface area contributed by atoms with Crippen molar-refractivity contribution in [3.63, 3.8) is 0 Å². The SMILES string of the molecule is CCNC(=NCc1ccsc1)N1CCN(c2ccccn2)CC1. The Morgan fingerprint density at radius 1 is 1.26 bits per heavy atom.